The second kappa shape index (κ2) is 5.30. The van der Waals surface area contributed by atoms with Gasteiger partial charge in [0.25, 0.3) is 0 Å². The van der Waals surface area contributed by atoms with Crippen molar-refractivity contribution in [3.63, 3.8) is 0 Å². The Bertz CT molecular complexity index is 340. The van der Waals surface area contributed by atoms with E-state index in [2.05, 4.69) is 16.8 Å². The minimum atomic E-state index is 0.0970. The van der Waals surface area contributed by atoms with E-state index in [1.165, 1.54) is 19.3 Å². The Labute approximate surface area is 97.1 Å². The smallest absolute Gasteiger partial charge is 0.128 e. The third-order valence-electron chi connectivity index (χ3n) is 3.33. The van der Waals surface area contributed by atoms with Crippen LogP contribution in [0.15, 0.2) is 18.3 Å². The van der Waals surface area contributed by atoms with Crippen molar-refractivity contribution in [2.45, 2.75) is 32.8 Å². The van der Waals surface area contributed by atoms with Crippen molar-refractivity contribution in [3.05, 3.63) is 23.9 Å². The first-order valence-electron chi connectivity index (χ1n) is 6.10. The fourth-order valence-electron chi connectivity index (χ4n) is 2.22. The molecule has 1 unspecified atom stereocenters. The molecule has 16 heavy (non-hydrogen) atoms. The minimum Gasteiger partial charge on any atom is -0.392 e. The third-order valence-corrected chi connectivity index (χ3v) is 3.33. The number of aromatic nitrogens is 1. The summed E-state index contributed by atoms with van der Waals surface area (Å²) < 4.78 is 0. The van der Waals surface area contributed by atoms with Gasteiger partial charge in [0.05, 0.1) is 6.61 Å². The number of hydrogen-bond donors (Lipinski definition) is 1. The summed E-state index contributed by atoms with van der Waals surface area (Å²) in [7, 11) is 0. The maximum atomic E-state index is 9.11. The topological polar surface area (TPSA) is 36.4 Å². The van der Waals surface area contributed by atoms with Crippen molar-refractivity contribution < 1.29 is 5.11 Å². The second-order valence-electron chi connectivity index (χ2n) is 4.70. The lowest BCUT2D eigenvalue weighted by Gasteiger charge is -2.21. The van der Waals surface area contributed by atoms with Crippen LogP contribution < -0.4 is 4.90 Å². The second-order valence-corrected chi connectivity index (χ2v) is 4.70. The maximum Gasteiger partial charge on any atom is 0.128 e. The van der Waals surface area contributed by atoms with E-state index in [0.29, 0.717) is 0 Å². The van der Waals surface area contributed by atoms with E-state index in [1.54, 1.807) is 6.20 Å². The van der Waals surface area contributed by atoms with Crippen LogP contribution in [0.25, 0.3) is 0 Å². The van der Waals surface area contributed by atoms with Crippen LogP contribution in [0.4, 0.5) is 5.82 Å². The van der Waals surface area contributed by atoms with E-state index in [9.17, 15) is 0 Å². The van der Waals surface area contributed by atoms with Gasteiger partial charge < -0.3 is 10.0 Å². The van der Waals surface area contributed by atoms with Crippen LogP contribution in [-0.2, 0) is 6.61 Å². The summed E-state index contributed by atoms with van der Waals surface area (Å²) in [4.78, 5) is 6.73. The number of nitrogens with zero attached hydrogens (tertiary/aromatic N) is 2. The molecule has 2 heterocycles. The molecular weight excluding hydrogens is 200 g/mol. The van der Waals surface area contributed by atoms with Crippen LogP contribution in [0, 0.1) is 5.92 Å². The lowest BCUT2D eigenvalue weighted by molar-refractivity contribution is 0.281. The molecule has 0 amide bonds. The Morgan fingerprint density at radius 3 is 3.12 bits per heavy atom. The number of anilines is 1. The first-order chi connectivity index (χ1) is 7.79. The number of aliphatic hydroxyl groups excluding tert-OH is 1. The lowest BCUT2D eigenvalue weighted by atomic mass is 10.0. The molecule has 1 fully saturated rings. The fraction of sp³-hybridized carbons (Fsp3) is 0.615. The highest BCUT2D eigenvalue weighted by Crippen LogP contribution is 2.21. The van der Waals surface area contributed by atoms with Gasteiger partial charge in [-0.2, -0.15) is 0 Å². The lowest BCUT2D eigenvalue weighted by Crippen LogP contribution is -2.25. The number of pyridine rings is 1. The monoisotopic (exact) mass is 220 g/mol. The molecule has 0 bridgehead atoms. The van der Waals surface area contributed by atoms with E-state index >= 15 is 0 Å². The Balaban J connectivity index is 2.10. The van der Waals surface area contributed by atoms with Crippen molar-refractivity contribution in [1.29, 1.82) is 0 Å². The Hall–Kier alpha value is -1.09. The van der Waals surface area contributed by atoms with Crippen LogP contribution in [-0.4, -0.2) is 23.2 Å². The van der Waals surface area contributed by atoms with Gasteiger partial charge in [-0.15, -0.1) is 0 Å². The van der Waals surface area contributed by atoms with Crippen molar-refractivity contribution in [3.8, 4) is 0 Å². The van der Waals surface area contributed by atoms with E-state index in [1.807, 2.05) is 12.1 Å². The van der Waals surface area contributed by atoms with E-state index in [4.69, 9.17) is 5.11 Å². The molecule has 2 rings (SSSR count). The van der Waals surface area contributed by atoms with Gasteiger partial charge >= 0.3 is 0 Å². The van der Waals surface area contributed by atoms with Gasteiger partial charge in [-0.1, -0.05) is 6.92 Å². The average Bonchev–Trinajstić information content (AvgIpc) is 2.54. The zero-order valence-corrected chi connectivity index (χ0v) is 9.89. The Morgan fingerprint density at radius 2 is 2.31 bits per heavy atom. The van der Waals surface area contributed by atoms with Crippen molar-refractivity contribution in [2.75, 3.05) is 18.0 Å². The molecule has 0 saturated carbocycles. The number of aliphatic hydroxyl groups is 1. The largest absolute Gasteiger partial charge is 0.392 e. The molecule has 3 heteroatoms. The molecule has 1 aromatic rings. The van der Waals surface area contributed by atoms with Gasteiger partial charge in [-0.05, 0) is 42.9 Å². The summed E-state index contributed by atoms with van der Waals surface area (Å²) >= 11 is 0. The van der Waals surface area contributed by atoms with Crippen molar-refractivity contribution >= 4 is 5.82 Å². The molecule has 1 saturated heterocycles. The minimum absolute atomic E-state index is 0.0970. The van der Waals surface area contributed by atoms with Crippen LogP contribution >= 0.6 is 0 Å². The SMILES string of the molecule is CC1CCCN(c2cc(CO)ccn2)CC1. The van der Waals surface area contributed by atoms with Crippen LogP contribution in [0.3, 0.4) is 0 Å². The van der Waals surface area contributed by atoms with E-state index in [-0.39, 0.29) is 6.61 Å². The summed E-state index contributed by atoms with van der Waals surface area (Å²) in [5, 5.41) is 9.11. The molecule has 1 aliphatic rings. The van der Waals surface area contributed by atoms with Crippen molar-refractivity contribution in [1.82, 2.24) is 4.98 Å². The van der Waals surface area contributed by atoms with Crippen LogP contribution in [0.5, 0.6) is 0 Å². The van der Waals surface area contributed by atoms with Crippen molar-refractivity contribution in [2.24, 2.45) is 5.92 Å². The van der Waals surface area contributed by atoms with Gasteiger partial charge in [0.2, 0.25) is 0 Å². The van der Waals surface area contributed by atoms with Crippen LogP contribution in [0.2, 0.25) is 0 Å². The summed E-state index contributed by atoms with van der Waals surface area (Å²) in [6, 6.07) is 3.86. The maximum absolute atomic E-state index is 9.11. The Morgan fingerprint density at radius 1 is 1.44 bits per heavy atom. The van der Waals surface area contributed by atoms with E-state index < -0.39 is 0 Å². The summed E-state index contributed by atoms with van der Waals surface area (Å²) in [6.45, 7) is 4.59. The molecule has 88 valence electrons. The predicted octanol–water partition coefficient (Wildman–Crippen LogP) is 2.20. The highest BCUT2D eigenvalue weighted by molar-refractivity contribution is 5.40. The first-order valence-corrected chi connectivity index (χ1v) is 6.10. The molecular formula is C13H20N2O. The quantitative estimate of drug-likeness (QED) is 0.830. The molecule has 1 atom stereocenters. The molecule has 0 aliphatic carbocycles. The van der Waals surface area contributed by atoms with Crippen LogP contribution in [0.1, 0.15) is 31.7 Å². The molecule has 1 aliphatic heterocycles. The highest BCUT2D eigenvalue weighted by Gasteiger charge is 2.14. The van der Waals surface area contributed by atoms with Gasteiger partial charge in [-0.25, -0.2) is 4.98 Å². The number of rotatable bonds is 2. The van der Waals surface area contributed by atoms with Gasteiger partial charge in [0, 0.05) is 19.3 Å². The Kier molecular flexibility index (Phi) is 3.78. The molecule has 0 spiro atoms. The molecule has 1 N–H and O–H groups in total. The summed E-state index contributed by atoms with van der Waals surface area (Å²) in [6.07, 6.45) is 5.59. The molecule has 0 aromatic carbocycles. The molecule has 0 radical (unpaired) electrons. The average molecular weight is 220 g/mol. The third kappa shape index (κ3) is 2.73. The summed E-state index contributed by atoms with van der Waals surface area (Å²) in [5.74, 6) is 1.84. The van der Waals surface area contributed by atoms with E-state index in [0.717, 1.165) is 30.4 Å². The molecule has 3 nitrogen and oxygen atoms in total. The standard InChI is InChI=1S/C13H20N2O/c1-11-3-2-7-15(8-5-11)13-9-12(10-16)4-6-14-13/h4,6,9,11,16H,2-3,5,7-8,10H2,1H3. The zero-order chi connectivity index (χ0) is 11.4. The highest BCUT2D eigenvalue weighted by atomic mass is 16.3. The number of hydrogen-bond acceptors (Lipinski definition) is 3. The van der Waals surface area contributed by atoms with Gasteiger partial charge in [0.1, 0.15) is 5.82 Å². The van der Waals surface area contributed by atoms with Gasteiger partial charge in [-0.3, -0.25) is 0 Å². The normalized spacial score (nSPS) is 21.9. The summed E-state index contributed by atoms with van der Waals surface area (Å²) in [5.41, 5.74) is 0.947. The first kappa shape index (κ1) is 11.4. The molecule has 1 aromatic heterocycles. The van der Waals surface area contributed by atoms with Gasteiger partial charge in [0.15, 0.2) is 0 Å². The fourth-order valence-corrected chi connectivity index (χ4v) is 2.22. The predicted molar refractivity (Wildman–Crippen MR) is 65.4 cm³/mol. The zero-order valence-electron chi connectivity index (χ0n) is 9.89.